The van der Waals surface area contributed by atoms with Gasteiger partial charge in [-0.2, -0.15) is 5.10 Å². The molecule has 2 heterocycles. The molecule has 1 aliphatic heterocycles. The van der Waals surface area contributed by atoms with Gasteiger partial charge in [0.25, 0.3) is 5.91 Å². The van der Waals surface area contributed by atoms with E-state index in [4.69, 9.17) is 11.6 Å². The Labute approximate surface area is 183 Å². The van der Waals surface area contributed by atoms with Crippen LogP contribution in [-0.2, 0) is 4.79 Å². The van der Waals surface area contributed by atoms with Crippen LogP contribution in [0.2, 0.25) is 0 Å². The number of rotatable bonds is 5. The summed E-state index contributed by atoms with van der Waals surface area (Å²) in [5, 5.41) is 9.95. The van der Waals surface area contributed by atoms with E-state index in [2.05, 4.69) is 39.0 Å². The van der Waals surface area contributed by atoms with Crippen LogP contribution in [0.25, 0.3) is 0 Å². The van der Waals surface area contributed by atoms with Crippen LogP contribution in [0.3, 0.4) is 0 Å². The molecule has 2 N–H and O–H groups in total. The molecule has 2 atom stereocenters. The minimum absolute atomic E-state index is 0.0230. The summed E-state index contributed by atoms with van der Waals surface area (Å²) in [5.74, 6) is -0.202. The summed E-state index contributed by atoms with van der Waals surface area (Å²) in [4.78, 5) is 15.2. The number of likely N-dealkylation sites (tertiary alicyclic amines) is 1. The first-order valence-corrected chi connectivity index (χ1v) is 10.2. The number of alkyl halides is 3. The monoisotopic (exact) mass is 448 g/mol. The van der Waals surface area contributed by atoms with Gasteiger partial charge in [-0.3, -0.25) is 9.89 Å². The summed E-state index contributed by atoms with van der Waals surface area (Å²) in [5.41, 5.74) is -0.728. The molecule has 0 spiro atoms. The molecule has 1 fully saturated rings. The van der Waals surface area contributed by atoms with E-state index in [9.17, 15) is 13.6 Å². The molecule has 4 rings (SSSR count). The van der Waals surface area contributed by atoms with Gasteiger partial charge in [0.05, 0.1) is 0 Å². The predicted molar refractivity (Wildman–Crippen MR) is 114 cm³/mol. The Kier molecular flexibility index (Phi) is 5.29. The molecule has 0 radical (unpaired) electrons. The molecule has 2 aromatic rings. The zero-order chi connectivity index (χ0) is 22.4. The highest BCUT2D eigenvalue weighted by Gasteiger charge is 2.47. The molecule has 9 heteroatoms. The first kappa shape index (κ1) is 21.4. The number of amides is 1. The summed E-state index contributed by atoms with van der Waals surface area (Å²) >= 11 is 4.78. The van der Waals surface area contributed by atoms with Gasteiger partial charge in [0.1, 0.15) is 5.75 Å². The smallest absolute Gasteiger partial charge is 0.420 e. The van der Waals surface area contributed by atoms with E-state index < -0.39 is 5.57 Å². The van der Waals surface area contributed by atoms with Crippen LogP contribution in [-0.4, -0.2) is 40.2 Å². The van der Waals surface area contributed by atoms with Crippen molar-refractivity contribution in [1.29, 1.82) is 0 Å². The first-order chi connectivity index (χ1) is 14.5. The average molecular weight is 449 g/mol. The van der Waals surface area contributed by atoms with E-state index in [1.807, 2.05) is 25.3 Å². The van der Waals surface area contributed by atoms with Crippen molar-refractivity contribution < 1.29 is 18.3 Å². The lowest BCUT2D eigenvalue weighted by molar-refractivity contribution is -0.112. The van der Waals surface area contributed by atoms with Crippen LogP contribution in [0.5, 0.6) is 5.75 Å². The number of fused-ring (bicyclic) bond motifs is 1. The summed E-state index contributed by atoms with van der Waals surface area (Å²) in [7, 11) is 2.03. The highest BCUT2D eigenvalue weighted by molar-refractivity contribution is 6.20. The van der Waals surface area contributed by atoms with Gasteiger partial charge in [0, 0.05) is 65.9 Å². The second-order valence-electron chi connectivity index (χ2n) is 8.58. The van der Waals surface area contributed by atoms with Crippen LogP contribution >= 0.6 is 11.6 Å². The molecule has 31 heavy (non-hydrogen) atoms. The lowest BCUT2D eigenvalue weighted by Crippen LogP contribution is -2.29. The van der Waals surface area contributed by atoms with E-state index >= 15 is 0 Å². The van der Waals surface area contributed by atoms with E-state index in [1.54, 1.807) is 6.20 Å². The largest absolute Gasteiger partial charge is 0.487 e. The van der Waals surface area contributed by atoms with Crippen molar-refractivity contribution in [3.8, 4) is 5.75 Å². The maximum atomic E-state index is 13.0. The maximum absolute atomic E-state index is 13.0. The number of benzene rings is 1. The van der Waals surface area contributed by atoms with Gasteiger partial charge < -0.3 is 15.0 Å². The highest BCUT2D eigenvalue weighted by Crippen LogP contribution is 2.52. The number of aromatic nitrogens is 2. The Morgan fingerprint density at radius 2 is 2.03 bits per heavy atom. The van der Waals surface area contributed by atoms with E-state index in [0.717, 1.165) is 17.9 Å². The van der Waals surface area contributed by atoms with Crippen molar-refractivity contribution in [3.63, 3.8) is 0 Å². The molecular weight excluding hydrogens is 426 g/mol. The molecule has 164 valence electrons. The lowest BCUT2D eigenvalue weighted by Gasteiger charge is -2.34. The van der Waals surface area contributed by atoms with Gasteiger partial charge in [0.2, 0.25) is 0 Å². The Balaban J connectivity index is 1.58. The van der Waals surface area contributed by atoms with Gasteiger partial charge in [0.15, 0.2) is 0 Å². The van der Waals surface area contributed by atoms with Gasteiger partial charge in [-0.1, -0.05) is 19.9 Å². The third-order valence-electron chi connectivity index (χ3n) is 5.76. The number of nitrogens with one attached hydrogen (secondary N) is 2. The summed E-state index contributed by atoms with van der Waals surface area (Å²) in [6, 6.07) is 7.52. The van der Waals surface area contributed by atoms with E-state index in [1.165, 1.54) is 24.3 Å². The molecule has 2 unspecified atom stereocenters. The fourth-order valence-corrected chi connectivity index (χ4v) is 4.70. The standard InChI is InChI=1S/C22H23ClF2N4O2/c1-21(2)12-29(3)18-11-13(10-16(19(18)21)17-8-9-26-28-17)20(30)27-14-4-6-15(7-5-14)31-22(23,24)25/h4-11,16,19H,12H2,1-3H3,(H,26,28)(H,27,30). The van der Waals surface area contributed by atoms with Crippen molar-refractivity contribution >= 4 is 23.2 Å². The number of carbonyl (C=O) groups is 1. The summed E-state index contributed by atoms with van der Waals surface area (Å²) < 4.78 is 29.8. The van der Waals surface area contributed by atoms with Gasteiger partial charge in [-0.25, -0.2) is 0 Å². The van der Waals surface area contributed by atoms with Crippen molar-refractivity contribution in [2.24, 2.45) is 11.3 Å². The SMILES string of the molecule is CN1CC(C)(C)C2C1=CC(C(=O)Nc1ccc(OC(F)(F)Cl)cc1)=CC2c1ccn[nH]1. The number of allylic oxidation sites excluding steroid dienone is 2. The number of ether oxygens (including phenoxy) is 1. The molecule has 0 saturated carbocycles. The van der Waals surface area contributed by atoms with Crippen LogP contribution < -0.4 is 10.1 Å². The molecule has 2 aliphatic rings. The zero-order valence-corrected chi connectivity index (χ0v) is 18.1. The number of H-pyrrole nitrogens is 1. The number of aromatic amines is 1. The fourth-order valence-electron chi connectivity index (χ4n) is 4.61. The molecule has 0 bridgehead atoms. The molecule has 1 saturated heterocycles. The predicted octanol–water partition coefficient (Wildman–Crippen LogP) is 4.71. The Morgan fingerprint density at radius 1 is 1.32 bits per heavy atom. The second-order valence-corrected chi connectivity index (χ2v) is 9.02. The highest BCUT2D eigenvalue weighted by atomic mass is 35.5. The lowest BCUT2D eigenvalue weighted by atomic mass is 9.69. The normalized spacial score (nSPS) is 22.5. The minimum atomic E-state index is -3.79. The third-order valence-corrected chi connectivity index (χ3v) is 5.83. The summed E-state index contributed by atoms with van der Waals surface area (Å²) in [6.07, 6.45) is 5.59. The van der Waals surface area contributed by atoms with E-state index in [0.29, 0.717) is 11.3 Å². The van der Waals surface area contributed by atoms with Crippen LogP contribution in [0.15, 0.2) is 60.0 Å². The molecule has 1 amide bonds. The number of nitrogens with zero attached hydrogens (tertiary/aromatic N) is 2. The van der Waals surface area contributed by atoms with Crippen LogP contribution in [0.4, 0.5) is 14.5 Å². The van der Waals surface area contributed by atoms with Crippen molar-refractivity contribution in [2.75, 3.05) is 18.9 Å². The minimum Gasteiger partial charge on any atom is -0.420 e. The Hall–Kier alpha value is -2.87. The summed E-state index contributed by atoms with van der Waals surface area (Å²) in [6.45, 7) is 5.33. The van der Waals surface area contributed by atoms with Crippen LogP contribution in [0, 0.1) is 11.3 Å². The topological polar surface area (TPSA) is 70.2 Å². The van der Waals surface area contributed by atoms with Gasteiger partial charge in [-0.15, -0.1) is 8.78 Å². The van der Waals surface area contributed by atoms with Crippen LogP contribution in [0.1, 0.15) is 25.5 Å². The Morgan fingerprint density at radius 3 is 2.65 bits per heavy atom. The second kappa shape index (κ2) is 7.67. The molecule has 1 aromatic carbocycles. The quantitative estimate of drug-likeness (QED) is 0.650. The van der Waals surface area contributed by atoms with Crippen molar-refractivity contribution in [1.82, 2.24) is 15.1 Å². The fraction of sp³-hybridized carbons (Fsp3) is 0.364. The van der Waals surface area contributed by atoms with Crippen molar-refractivity contribution in [2.45, 2.75) is 25.3 Å². The zero-order valence-electron chi connectivity index (χ0n) is 17.3. The van der Waals surface area contributed by atoms with Gasteiger partial charge in [-0.05, 0) is 41.8 Å². The number of anilines is 1. The Bertz CT molecular complexity index is 1030. The molecule has 6 nitrogen and oxygen atoms in total. The van der Waals surface area contributed by atoms with Crippen molar-refractivity contribution in [3.05, 3.63) is 65.6 Å². The molecule has 1 aromatic heterocycles. The molecular formula is C22H23ClF2N4O2. The number of halogens is 3. The number of hydrogen-bond acceptors (Lipinski definition) is 4. The number of hydrogen-bond donors (Lipinski definition) is 2. The van der Waals surface area contributed by atoms with E-state index in [-0.39, 0.29) is 28.9 Å². The molecule has 1 aliphatic carbocycles. The number of carbonyl (C=O) groups excluding carboxylic acids is 1. The first-order valence-electron chi connectivity index (χ1n) is 9.84. The third kappa shape index (κ3) is 4.44. The maximum Gasteiger partial charge on any atom is 0.487 e. The van der Waals surface area contributed by atoms with Gasteiger partial charge >= 0.3 is 5.57 Å². The average Bonchev–Trinajstić information content (AvgIpc) is 3.28.